The largest absolute Gasteiger partial charge is 0.489 e. The molecule has 0 bridgehead atoms. The van der Waals surface area contributed by atoms with Gasteiger partial charge in [-0.05, 0) is 52.4 Å². The summed E-state index contributed by atoms with van der Waals surface area (Å²) in [6.07, 6.45) is 7.94. The average Bonchev–Trinajstić information content (AvgIpc) is 2.31. The van der Waals surface area contributed by atoms with Crippen LogP contribution in [0.5, 0.6) is 5.75 Å². The molecule has 1 heterocycles. The molecular formula is C13H11IO. The van der Waals surface area contributed by atoms with Crippen molar-refractivity contribution in [1.82, 2.24) is 0 Å². The van der Waals surface area contributed by atoms with Crippen LogP contribution in [0.25, 0.3) is 5.57 Å². The van der Waals surface area contributed by atoms with E-state index in [1.54, 1.807) is 0 Å². The Morgan fingerprint density at radius 3 is 3.00 bits per heavy atom. The maximum atomic E-state index is 5.64. The first-order valence-corrected chi connectivity index (χ1v) is 5.80. The number of rotatable bonds is 0. The zero-order chi connectivity index (χ0) is 10.7. The minimum absolute atomic E-state index is 0.602. The standard InChI is InChI=1S/C13H11IO/c1-10-5-3-2-4-8-15-13-7-6-11(14)9-12(10)13/h2-7,9H,1,8H2/b4-2-,5-3-. The van der Waals surface area contributed by atoms with Gasteiger partial charge in [-0.25, -0.2) is 0 Å². The van der Waals surface area contributed by atoms with Crippen molar-refractivity contribution >= 4 is 28.2 Å². The smallest absolute Gasteiger partial charge is 0.127 e. The van der Waals surface area contributed by atoms with Crippen LogP contribution in [0.4, 0.5) is 0 Å². The fourth-order valence-corrected chi connectivity index (χ4v) is 1.90. The van der Waals surface area contributed by atoms with Crippen LogP contribution in [-0.2, 0) is 0 Å². The van der Waals surface area contributed by atoms with E-state index in [0.717, 1.165) is 16.9 Å². The zero-order valence-electron chi connectivity index (χ0n) is 8.24. The molecule has 2 heteroatoms. The van der Waals surface area contributed by atoms with Crippen LogP contribution in [0, 0.1) is 3.57 Å². The predicted molar refractivity (Wildman–Crippen MR) is 72.0 cm³/mol. The SMILES string of the molecule is C=C1/C=C\C=C/COc2ccc(I)cc21. The number of ether oxygens (including phenoxy) is 1. The van der Waals surface area contributed by atoms with Gasteiger partial charge in [0.25, 0.3) is 0 Å². The van der Waals surface area contributed by atoms with Gasteiger partial charge < -0.3 is 4.74 Å². The highest BCUT2D eigenvalue weighted by Crippen LogP contribution is 2.28. The Balaban J connectivity index is 2.49. The minimum Gasteiger partial charge on any atom is -0.489 e. The van der Waals surface area contributed by atoms with Crippen LogP contribution >= 0.6 is 22.6 Å². The van der Waals surface area contributed by atoms with E-state index in [1.165, 1.54) is 3.57 Å². The number of benzene rings is 1. The maximum Gasteiger partial charge on any atom is 0.127 e. The summed E-state index contributed by atoms with van der Waals surface area (Å²) in [7, 11) is 0. The third-order valence-corrected chi connectivity index (χ3v) is 2.84. The molecule has 2 rings (SSSR count). The molecule has 0 aromatic heterocycles. The number of halogens is 1. The first kappa shape index (κ1) is 10.5. The molecule has 0 radical (unpaired) electrons. The summed E-state index contributed by atoms with van der Waals surface area (Å²) in [5.41, 5.74) is 2.05. The number of hydrogen-bond donors (Lipinski definition) is 0. The highest BCUT2D eigenvalue weighted by Gasteiger charge is 2.06. The summed E-state index contributed by atoms with van der Waals surface area (Å²) in [4.78, 5) is 0. The quantitative estimate of drug-likeness (QED) is 0.662. The van der Waals surface area contributed by atoms with Crippen molar-refractivity contribution in [3.63, 3.8) is 0 Å². The van der Waals surface area contributed by atoms with E-state index in [4.69, 9.17) is 4.74 Å². The average molecular weight is 310 g/mol. The van der Waals surface area contributed by atoms with Gasteiger partial charge in [0.2, 0.25) is 0 Å². The van der Waals surface area contributed by atoms with E-state index in [2.05, 4.69) is 35.2 Å². The van der Waals surface area contributed by atoms with Gasteiger partial charge in [0.05, 0.1) is 0 Å². The lowest BCUT2D eigenvalue weighted by Gasteiger charge is -2.10. The first-order chi connectivity index (χ1) is 7.27. The topological polar surface area (TPSA) is 9.23 Å². The van der Waals surface area contributed by atoms with Crippen molar-refractivity contribution in [3.8, 4) is 5.75 Å². The molecule has 15 heavy (non-hydrogen) atoms. The van der Waals surface area contributed by atoms with E-state index in [1.807, 2.05) is 36.4 Å². The lowest BCUT2D eigenvalue weighted by Crippen LogP contribution is -1.96. The van der Waals surface area contributed by atoms with Crippen molar-refractivity contribution in [2.45, 2.75) is 0 Å². The fourth-order valence-electron chi connectivity index (χ4n) is 1.41. The Kier molecular flexibility index (Phi) is 3.26. The summed E-state index contributed by atoms with van der Waals surface area (Å²) >= 11 is 2.29. The van der Waals surface area contributed by atoms with Gasteiger partial charge in [-0.3, -0.25) is 0 Å². The molecule has 1 aliphatic heterocycles. The number of allylic oxidation sites excluding steroid dienone is 4. The van der Waals surface area contributed by atoms with Crippen molar-refractivity contribution in [2.24, 2.45) is 0 Å². The third-order valence-electron chi connectivity index (χ3n) is 2.17. The molecule has 0 saturated heterocycles. The molecule has 76 valence electrons. The van der Waals surface area contributed by atoms with Crippen LogP contribution in [-0.4, -0.2) is 6.61 Å². The predicted octanol–water partition coefficient (Wildman–Crippen LogP) is 3.81. The van der Waals surface area contributed by atoms with Crippen molar-refractivity contribution in [1.29, 1.82) is 0 Å². The van der Waals surface area contributed by atoms with Crippen LogP contribution < -0.4 is 4.74 Å². The highest BCUT2D eigenvalue weighted by molar-refractivity contribution is 14.1. The second-order valence-electron chi connectivity index (χ2n) is 3.26. The van der Waals surface area contributed by atoms with Gasteiger partial charge in [0.1, 0.15) is 12.4 Å². The Labute approximate surface area is 103 Å². The van der Waals surface area contributed by atoms with E-state index < -0.39 is 0 Å². The van der Waals surface area contributed by atoms with Gasteiger partial charge >= 0.3 is 0 Å². The van der Waals surface area contributed by atoms with Gasteiger partial charge in [0.15, 0.2) is 0 Å². The molecule has 0 atom stereocenters. The van der Waals surface area contributed by atoms with Crippen LogP contribution in [0.3, 0.4) is 0 Å². The summed E-state index contributed by atoms with van der Waals surface area (Å²) < 4.78 is 6.83. The zero-order valence-corrected chi connectivity index (χ0v) is 10.4. The summed E-state index contributed by atoms with van der Waals surface area (Å²) in [6, 6.07) is 6.13. The Morgan fingerprint density at radius 1 is 1.27 bits per heavy atom. The normalized spacial score (nSPS) is 19.1. The Bertz CT molecular complexity index is 444. The summed E-state index contributed by atoms with van der Waals surface area (Å²) in [5.74, 6) is 0.900. The molecule has 0 fully saturated rings. The second-order valence-corrected chi connectivity index (χ2v) is 4.51. The summed E-state index contributed by atoms with van der Waals surface area (Å²) in [6.45, 7) is 4.64. The maximum absolute atomic E-state index is 5.64. The van der Waals surface area contributed by atoms with Gasteiger partial charge in [0, 0.05) is 9.13 Å². The molecule has 0 amide bonds. The van der Waals surface area contributed by atoms with Gasteiger partial charge in [-0.1, -0.05) is 24.8 Å². The lowest BCUT2D eigenvalue weighted by atomic mass is 10.1. The minimum atomic E-state index is 0.602. The molecule has 1 nitrogen and oxygen atoms in total. The molecular weight excluding hydrogens is 299 g/mol. The van der Waals surface area contributed by atoms with Crippen molar-refractivity contribution in [2.75, 3.05) is 6.61 Å². The number of hydrogen-bond acceptors (Lipinski definition) is 1. The monoisotopic (exact) mass is 310 g/mol. The molecule has 0 spiro atoms. The lowest BCUT2D eigenvalue weighted by molar-refractivity contribution is 0.362. The summed E-state index contributed by atoms with van der Waals surface area (Å²) in [5, 5.41) is 0. The van der Waals surface area contributed by atoms with E-state index in [9.17, 15) is 0 Å². The van der Waals surface area contributed by atoms with Crippen LogP contribution in [0.2, 0.25) is 0 Å². The molecule has 0 N–H and O–H groups in total. The van der Waals surface area contributed by atoms with Gasteiger partial charge in [-0.15, -0.1) is 0 Å². The van der Waals surface area contributed by atoms with E-state index >= 15 is 0 Å². The van der Waals surface area contributed by atoms with Crippen molar-refractivity contribution < 1.29 is 4.74 Å². The molecule has 1 aromatic carbocycles. The van der Waals surface area contributed by atoms with E-state index in [0.29, 0.717) is 6.61 Å². The number of fused-ring (bicyclic) bond motifs is 1. The third kappa shape index (κ3) is 2.50. The molecule has 1 aliphatic rings. The molecule has 0 unspecified atom stereocenters. The van der Waals surface area contributed by atoms with Gasteiger partial charge in [-0.2, -0.15) is 0 Å². The fraction of sp³-hybridized carbons (Fsp3) is 0.0769. The highest BCUT2D eigenvalue weighted by atomic mass is 127. The van der Waals surface area contributed by atoms with Crippen molar-refractivity contribution in [3.05, 3.63) is 58.2 Å². The molecule has 1 aromatic rings. The van der Waals surface area contributed by atoms with Crippen LogP contribution in [0.15, 0.2) is 49.1 Å². The molecule has 0 aliphatic carbocycles. The van der Waals surface area contributed by atoms with E-state index in [-0.39, 0.29) is 0 Å². The Hall–Kier alpha value is -1.03. The second kappa shape index (κ2) is 4.66. The van der Waals surface area contributed by atoms with Crippen LogP contribution in [0.1, 0.15) is 5.56 Å². The first-order valence-electron chi connectivity index (χ1n) is 4.72. The Morgan fingerprint density at radius 2 is 2.13 bits per heavy atom. The molecule has 0 saturated carbocycles.